The van der Waals surface area contributed by atoms with Crippen molar-refractivity contribution in [3.05, 3.63) is 22.7 Å². The standard InChI is InChI=1S/C11H17BrN2O3S/c1-8(2)17-6-5-14-18(15,16)11-7-9(13)3-4-10(11)12/h3-4,7-8,14H,5-6,13H2,1-2H3. The molecule has 0 aromatic heterocycles. The van der Waals surface area contributed by atoms with E-state index in [9.17, 15) is 8.42 Å². The van der Waals surface area contributed by atoms with E-state index in [2.05, 4.69) is 20.7 Å². The highest BCUT2D eigenvalue weighted by Gasteiger charge is 2.17. The predicted molar refractivity (Wildman–Crippen MR) is 74.8 cm³/mol. The highest BCUT2D eigenvalue weighted by molar-refractivity contribution is 9.10. The molecule has 0 aliphatic carbocycles. The van der Waals surface area contributed by atoms with Crippen LogP contribution in [-0.2, 0) is 14.8 Å². The van der Waals surface area contributed by atoms with Crippen LogP contribution in [0.3, 0.4) is 0 Å². The van der Waals surface area contributed by atoms with Gasteiger partial charge in [0.15, 0.2) is 0 Å². The molecule has 1 rings (SSSR count). The second-order valence-electron chi connectivity index (χ2n) is 4.01. The molecule has 0 atom stereocenters. The first-order chi connectivity index (χ1) is 8.33. The first-order valence-corrected chi connectivity index (χ1v) is 7.77. The summed E-state index contributed by atoms with van der Waals surface area (Å²) in [5.41, 5.74) is 5.98. The molecule has 0 radical (unpaired) electrons. The summed E-state index contributed by atoms with van der Waals surface area (Å²) in [7, 11) is -3.57. The van der Waals surface area contributed by atoms with E-state index >= 15 is 0 Å². The van der Waals surface area contributed by atoms with Gasteiger partial charge in [-0.1, -0.05) is 0 Å². The summed E-state index contributed by atoms with van der Waals surface area (Å²) in [6, 6.07) is 4.65. The lowest BCUT2D eigenvalue weighted by molar-refractivity contribution is 0.0834. The molecule has 0 heterocycles. The minimum absolute atomic E-state index is 0.0774. The fourth-order valence-electron chi connectivity index (χ4n) is 1.27. The number of halogens is 1. The molecule has 0 amide bonds. The molecule has 5 nitrogen and oxygen atoms in total. The Labute approximate surface area is 116 Å². The maximum Gasteiger partial charge on any atom is 0.241 e. The van der Waals surface area contributed by atoms with Crippen LogP contribution in [0.1, 0.15) is 13.8 Å². The van der Waals surface area contributed by atoms with Crippen molar-refractivity contribution < 1.29 is 13.2 Å². The van der Waals surface area contributed by atoms with Crippen molar-refractivity contribution in [2.45, 2.75) is 24.8 Å². The van der Waals surface area contributed by atoms with Gasteiger partial charge in [0.1, 0.15) is 0 Å². The summed E-state index contributed by atoms with van der Waals surface area (Å²) in [4.78, 5) is 0.132. The van der Waals surface area contributed by atoms with Crippen LogP contribution in [0.2, 0.25) is 0 Å². The van der Waals surface area contributed by atoms with Crippen molar-refractivity contribution in [2.24, 2.45) is 0 Å². The van der Waals surface area contributed by atoms with Gasteiger partial charge in [0.05, 0.1) is 17.6 Å². The largest absolute Gasteiger partial charge is 0.399 e. The van der Waals surface area contributed by atoms with Crippen LogP contribution in [-0.4, -0.2) is 27.7 Å². The third-order valence-corrected chi connectivity index (χ3v) is 4.55. The van der Waals surface area contributed by atoms with E-state index in [0.29, 0.717) is 16.8 Å². The summed E-state index contributed by atoms with van der Waals surface area (Å²) in [6.07, 6.45) is 0.0774. The van der Waals surface area contributed by atoms with Gasteiger partial charge in [-0.25, -0.2) is 13.1 Å². The normalized spacial score (nSPS) is 12.0. The van der Waals surface area contributed by atoms with Crippen LogP contribution in [0.25, 0.3) is 0 Å². The minimum atomic E-state index is -3.57. The number of nitrogen functional groups attached to an aromatic ring is 1. The molecule has 0 fully saturated rings. The van der Waals surface area contributed by atoms with Crippen molar-refractivity contribution in [2.75, 3.05) is 18.9 Å². The lowest BCUT2D eigenvalue weighted by Gasteiger charge is -2.10. The fourth-order valence-corrected chi connectivity index (χ4v) is 3.28. The van der Waals surface area contributed by atoms with Crippen LogP contribution >= 0.6 is 15.9 Å². The van der Waals surface area contributed by atoms with Gasteiger partial charge >= 0.3 is 0 Å². The Kier molecular flexibility index (Phi) is 5.58. The lowest BCUT2D eigenvalue weighted by atomic mass is 10.3. The maximum absolute atomic E-state index is 12.0. The first-order valence-electron chi connectivity index (χ1n) is 5.49. The summed E-state index contributed by atoms with van der Waals surface area (Å²) < 4.78 is 32.2. The predicted octanol–water partition coefficient (Wildman–Crippen LogP) is 1.73. The van der Waals surface area contributed by atoms with Gasteiger partial charge in [-0.15, -0.1) is 0 Å². The van der Waals surface area contributed by atoms with Crippen LogP contribution in [0.5, 0.6) is 0 Å². The molecule has 3 N–H and O–H groups in total. The average Bonchev–Trinajstić information content (AvgIpc) is 2.27. The number of hydrogen-bond acceptors (Lipinski definition) is 4. The molecule has 0 aliphatic heterocycles. The Balaban J connectivity index is 2.71. The third-order valence-electron chi connectivity index (χ3n) is 2.09. The van der Waals surface area contributed by atoms with Gasteiger partial charge in [-0.05, 0) is 48.0 Å². The molecule has 18 heavy (non-hydrogen) atoms. The van der Waals surface area contributed by atoms with Gasteiger partial charge < -0.3 is 10.5 Å². The van der Waals surface area contributed by atoms with E-state index in [0.717, 1.165) is 0 Å². The zero-order chi connectivity index (χ0) is 13.8. The number of anilines is 1. The molecule has 0 saturated carbocycles. The minimum Gasteiger partial charge on any atom is -0.399 e. The summed E-state index contributed by atoms with van der Waals surface area (Å²) in [5, 5.41) is 0. The molecule has 0 bridgehead atoms. The van der Waals surface area contributed by atoms with E-state index in [1.807, 2.05) is 13.8 Å². The van der Waals surface area contributed by atoms with E-state index < -0.39 is 10.0 Å². The molecule has 1 aromatic rings. The molecule has 102 valence electrons. The Hall–Kier alpha value is -0.630. The quantitative estimate of drug-likeness (QED) is 0.612. The van der Waals surface area contributed by atoms with E-state index in [4.69, 9.17) is 10.5 Å². The van der Waals surface area contributed by atoms with Crippen molar-refractivity contribution >= 4 is 31.6 Å². The molecule has 0 unspecified atom stereocenters. The van der Waals surface area contributed by atoms with Crippen LogP contribution < -0.4 is 10.5 Å². The van der Waals surface area contributed by atoms with Crippen LogP contribution in [0, 0.1) is 0 Å². The van der Waals surface area contributed by atoms with Crippen LogP contribution in [0.4, 0.5) is 5.69 Å². The first kappa shape index (κ1) is 15.4. The van der Waals surface area contributed by atoms with E-state index in [-0.39, 0.29) is 17.5 Å². The van der Waals surface area contributed by atoms with Crippen molar-refractivity contribution in [1.82, 2.24) is 4.72 Å². The van der Waals surface area contributed by atoms with Gasteiger partial charge in [0.25, 0.3) is 0 Å². The highest BCUT2D eigenvalue weighted by Crippen LogP contribution is 2.23. The third kappa shape index (κ3) is 4.56. The molecular formula is C11H17BrN2O3S. The van der Waals surface area contributed by atoms with E-state index in [1.165, 1.54) is 6.07 Å². The van der Waals surface area contributed by atoms with Gasteiger partial charge in [0.2, 0.25) is 10.0 Å². The van der Waals surface area contributed by atoms with Crippen molar-refractivity contribution in [3.63, 3.8) is 0 Å². The smallest absolute Gasteiger partial charge is 0.241 e. The monoisotopic (exact) mass is 336 g/mol. The van der Waals surface area contributed by atoms with Gasteiger partial charge in [0, 0.05) is 16.7 Å². The number of nitrogens with one attached hydrogen (secondary N) is 1. The average molecular weight is 337 g/mol. The zero-order valence-electron chi connectivity index (χ0n) is 10.3. The Morgan fingerprint density at radius 2 is 2.11 bits per heavy atom. The SMILES string of the molecule is CC(C)OCCNS(=O)(=O)c1cc(N)ccc1Br. The second kappa shape index (κ2) is 6.51. The molecule has 0 aliphatic rings. The molecule has 0 spiro atoms. The number of nitrogens with two attached hydrogens (primary N) is 1. The zero-order valence-corrected chi connectivity index (χ0v) is 12.7. The van der Waals surface area contributed by atoms with Gasteiger partial charge in [-0.3, -0.25) is 0 Å². The summed E-state index contributed by atoms with van der Waals surface area (Å²) >= 11 is 3.19. The maximum atomic E-state index is 12.0. The summed E-state index contributed by atoms with van der Waals surface area (Å²) in [5.74, 6) is 0. The van der Waals surface area contributed by atoms with Crippen LogP contribution in [0.15, 0.2) is 27.6 Å². The number of sulfonamides is 1. The Morgan fingerprint density at radius 1 is 1.44 bits per heavy atom. The topological polar surface area (TPSA) is 81.4 Å². The molecule has 7 heteroatoms. The lowest BCUT2D eigenvalue weighted by Crippen LogP contribution is -2.28. The molecule has 1 aromatic carbocycles. The number of hydrogen-bond donors (Lipinski definition) is 2. The van der Waals surface area contributed by atoms with E-state index in [1.54, 1.807) is 12.1 Å². The van der Waals surface area contributed by atoms with Gasteiger partial charge in [-0.2, -0.15) is 0 Å². The molecule has 0 saturated heterocycles. The summed E-state index contributed by atoms with van der Waals surface area (Å²) in [6.45, 7) is 4.34. The number of ether oxygens (including phenoxy) is 1. The second-order valence-corrected chi connectivity index (χ2v) is 6.60. The Morgan fingerprint density at radius 3 is 2.72 bits per heavy atom. The van der Waals surface area contributed by atoms with Crippen molar-refractivity contribution in [3.8, 4) is 0 Å². The number of benzene rings is 1. The van der Waals surface area contributed by atoms with Crippen molar-refractivity contribution in [1.29, 1.82) is 0 Å². The Bertz CT molecular complexity index is 503. The highest BCUT2D eigenvalue weighted by atomic mass is 79.9. The molecular weight excluding hydrogens is 320 g/mol. The fraction of sp³-hybridized carbons (Fsp3) is 0.455. The number of rotatable bonds is 6.